The molecule has 0 aromatic carbocycles. The Kier molecular flexibility index (Phi) is 21.0. The van der Waals surface area contributed by atoms with Gasteiger partial charge in [-0.25, -0.2) is 0 Å². The molecule has 8 heavy (non-hydrogen) atoms. The quantitative estimate of drug-likeness (QED) is 0.312. The van der Waals surface area contributed by atoms with Crippen molar-refractivity contribution in [1.82, 2.24) is 0 Å². The lowest BCUT2D eigenvalue weighted by Gasteiger charge is -1.85. The molecular weight excluding hydrogens is 104 g/mol. The van der Waals surface area contributed by atoms with Crippen LogP contribution in [0.5, 0.6) is 0 Å². The molecule has 0 aliphatic rings. The molecule has 0 aromatic heterocycles. The highest BCUT2D eigenvalue weighted by atomic mass is 16.5. The van der Waals surface area contributed by atoms with Crippen LogP contribution in [-0.2, 0) is 9.53 Å². The van der Waals surface area contributed by atoms with Gasteiger partial charge in [-0.05, 0) is 6.92 Å². The molecule has 0 heterocycles. The fourth-order valence-electron chi connectivity index (χ4n) is 0.166. The zero-order valence-electron chi connectivity index (χ0n) is 5.22. The lowest BCUT2D eigenvalue weighted by Crippen LogP contribution is -1.91. The van der Waals surface area contributed by atoms with Gasteiger partial charge < -0.3 is 9.53 Å². The largest absolute Gasteiger partial charge is 0.374 e. The van der Waals surface area contributed by atoms with Gasteiger partial charge in [0.25, 0.3) is 0 Å². The Morgan fingerprint density at radius 1 is 1.62 bits per heavy atom. The van der Waals surface area contributed by atoms with Gasteiger partial charge in [0.05, 0.1) is 0 Å². The first-order chi connectivity index (χ1) is 3.91. The van der Waals surface area contributed by atoms with E-state index in [2.05, 4.69) is 17.9 Å². The number of aldehydes is 1. The predicted molar refractivity (Wildman–Crippen MR) is 33.8 cm³/mol. The van der Waals surface area contributed by atoms with Crippen molar-refractivity contribution in [3.8, 4) is 0 Å². The number of hydrogen-bond acceptors (Lipinski definition) is 2. The second-order valence-electron chi connectivity index (χ2n) is 0.826. The minimum absolute atomic E-state index is 0.233. The van der Waals surface area contributed by atoms with Crippen molar-refractivity contribution < 1.29 is 9.53 Å². The smallest absolute Gasteiger partial charge is 0.145 e. The molecule has 0 rings (SSSR count). The zero-order valence-corrected chi connectivity index (χ0v) is 5.22. The number of rotatable bonds is 3. The molecule has 0 bridgehead atoms. The molecule has 0 fully saturated rings. The molecule has 0 spiro atoms. The van der Waals surface area contributed by atoms with Crippen LogP contribution in [0.25, 0.3) is 0 Å². The van der Waals surface area contributed by atoms with Crippen molar-refractivity contribution >= 4 is 6.29 Å². The van der Waals surface area contributed by atoms with Crippen molar-refractivity contribution in [2.75, 3.05) is 13.2 Å². The van der Waals surface area contributed by atoms with Gasteiger partial charge in [-0.3, -0.25) is 0 Å². The van der Waals surface area contributed by atoms with E-state index < -0.39 is 0 Å². The summed E-state index contributed by atoms with van der Waals surface area (Å²) in [7, 11) is 0. The molecule has 0 saturated heterocycles. The van der Waals surface area contributed by atoms with Crippen molar-refractivity contribution in [2.45, 2.75) is 6.92 Å². The van der Waals surface area contributed by atoms with Crippen LogP contribution in [0.1, 0.15) is 6.92 Å². The Bertz CT molecular complexity index is 43.8. The zero-order chi connectivity index (χ0) is 6.83. The standard InChI is InChI=1S/C4H8O2.C2H4/c1-2-6-4-3-5;1-2/h3H,2,4H2,1H3;1-2H2. The molecular formula is C6H12O2. The Labute approximate surface area is 50.2 Å². The van der Waals surface area contributed by atoms with Crippen molar-refractivity contribution in [3.63, 3.8) is 0 Å². The first-order valence-electron chi connectivity index (χ1n) is 2.43. The molecule has 0 N–H and O–H groups in total. The van der Waals surface area contributed by atoms with Crippen LogP contribution in [0.15, 0.2) is 13.2 Å². The second-order valence-corrected chi connectivity index (χ2v) is 0.826. The maximum absolute atomic E-state index is 9.44. The van der Waals surface area contributed by atoms with E-state index in [1.165, 1.54) is 0 Å². The Morgan fingerprint density at radius 3 is 2.25 bits per heavy atom. The Morgan fingerprint density at radius 2 is 2.12 bits per heavy atom. The summed E-state index contributed by atoms with van der Waals surface area (Å²) in [5.74, 6) is 0. The van der Waals surface area contributed by atoms with E-state index in [0.29, 0.717) is 6.61 Å². The molecule has 48 valence electrons. The topological polar surface area (TPSA) is 26.3 Å². The summed E-state index contributed by atoms with van der Waals surface area (Å²) in [6.45, 7) is 8.71. The van der Waals surface area contributed by atoms with Gasteiger partial charge in [-0.15, -0.1) is 13.2 Å². The highest BCUT2D eigenvalue weighted by molar-refractivity contribution is 5.50. The summed E-state index contributed by atoms with van der Waals surface area (Å²) < 4.78 is 4.61. The van der Waals surface area contributed by atoms with Crippen molar-refractivity contribution in [2.24, 2.45) is 0 Å². The summed E-state index contributed by atoms with van der Waals surface area (Å²) >= 11 is 0. The van der Waals surface area contributed by atoms with Gasteiger partial charge in [-0.1, -0.05) is 0 Å². The van der Waals surface area contributed by atoms with Gasteiger partial charge in [0.1, 0.15) is 12.9 Å². The van der Waals surface area contributed by atoms with E-state index in [-0.39, 0.29) is 6.61 Å². The first-order valence-corrected chi connectivity index (χ1v) is 2.43. The van der Waals surface area contributed by atoms with Crippen molar-refractivity contribution in [1.29, 1.82) is 0 Å². The number of carbonyl (C=O) groups is 1. The van der Waals surface area contributed by atoms with Crippen LogP contribution in [0.2, 0.25) is 0 Å². The predicted octanol–water partition coefficient (Wildman–Crippen LogP) is 1.02. The molecule has 0 aromatic rings. The van der Waals surface area contributed by atoms with Gasteiger partial charge in [-0.2, -0.15) is 0 Å². The van der Waals surface area contributed by atoms with Gasteiger partial charge in [0.15, 0.2) is 0 Å². The van der Waals surface area contributed by atoms with Crippen LogP contribution in [0.4, 0.5) is 0 Å². The first kappa shape index (κ1) is 10.4. The lowest BCUT2D eigenvalue weighted by molar-refractivity contribution is -0.111. The molecule has 0 radical (unpaired) electrons. The summed E-state index contributed by atoms with van der Waals surface area (Å²) in [6, 6.07) is 0. The second kappa shape index (κ2) is 16.2. The maximum atomic E-state index is 9.44. The molecule has 0 amide bonds. The van der Waals surface area contributed by atoms with E-state index in [1.54, 1.807) is 0 Å². The lowest BCUT2D eigenvalue weighted by atomic mass is 10.8. The highest BCUT2D eigenvalue weighted by Gasteiger charge is 1.71. The molecule has 0 aliphatic heterocycles. The van der Waals surface area contributed by atoms with E-state index in [9.17, 15) is 4.79 Å². The fourth-order valence-corrected chi connectivity index (χ4v) is 0.166. The number of carbonyl (C=O) groups excluding carboxylic acids is 1. The summed E-state index contributed by atoms with van der Waals surface area (Å²) in [5.41, 5.74) is 0. The normalized spacial score (nSPS) is 6.62. The molecule has 2 heteroatoms. The Hall–Kier alpha value is -0.630. The van der Waals surface area contributed by atoms with Crippen LogP contribution in [-0.4, -0.2) is 19.5 Å². The number of ether oxygens (including phenoxy) is 1. The summed E-state index contributed by atoms with van der Waals surface area (Å²) in [5, 5.41) is 0. The highest BCUT2D eigenvalue weighted by Crippen LogP contribution is 1.63. The van der Waals surface area contributed by atoms with Crippen molar-refractivity contribution in [3.05, 3.63) is 13.2 Å². The molecule has 0 unspecified atom stereocenters. The van der Waals surface area contributed by atoms with E-state index in [1.807, 2.05) is 6.92 Å². The van der Waals surface area contributed by atoms with E-state index >= 15 is 0 Å². The average molecular weight is 116 g/mol. The molecule has 0 atom stereocenters. The minimum Gasteiger partial charge on any atom is -0.374 e. The number of hydrogen-bond donors (Lipinski definition) is 0. The fraction of sp³-hybridized carbons (Fsp3) is 0.500. The van der Waals surface area contributed by atoms with E-state index in [4.69, 9.17) is 0 Å². The SMILES string of the molecule is C=C.CCOCC=O. The Balaban J connectivity index is 0. The van der Waals surface area contributed by atoms with Gasteiger partial charge in [0.2, 0.25) is 0 Å². The van der Waals surface area contributed by atoms with Crippen LogP contribution >= 0.6 is 0 Å². The molecule has 0 aliphatic carbocycles. The summed E-state index contributed by atoms with van der Waals surface area (Å²) in [4.78, 5) is 9.44. The van der Waals surface area contributed by atoms with Crippen LogP contribution < -0.4 is 0 Å². The minimum atomic E-state index is 0.233. The summed E-state index contributed by atoms with van der Waals surface area (Å²) in [6.07, 6.45) is 0.740. The van der Waals surface area contributed by atoms with Crippen LogP contribution in [0, 0.1) is 0 Å². The average Bonchev–Trinajstić information content (AvgIpc) is 1.88. The maximum Gasteiger partial charge on any atom is 0.145 e. The molecule has 0 saturated carbocycles. The van der Waals surface area contributed by atoms with Crippen LogP contribution in [0.3, 0.4) is 0 Å². The third-order valence-electron chi connectivity index (χ3n) is 0.390. The van der Waals surface area contributed by atoms with Gasteiger partial charge in [0, 0.05) is 6.61 Å². The molecule has 2 nitrogen and oxygen atoms in total. The monoisotopic (exact) mass is 116 g/mol. The third-order valence-corrected chi connectivity index (χ3v) is 0.390. The van der Waals surface area contributed by atoms with Gasteiger partial charge >= 0.3 is 0 Å². The third kappa shape index (κ3) is 18.3. The van der Waals surface area contributed by atoms with E-state index in [0.717, 1.165) is 6.29 Å².